The lowest BCUT2D eigenvalue weighted by Crippen LogP contribution is -2.48. The Kier molecular flexibility index (Phi) is 4.83. The van der Waals surface area contributed by atoms with Crippen LogP contribution in [0.5, 0.6) is 0 Å². The monoisotopic (exact) mass is 300 g/mol. The largest absolute Gasteiger partial charge is 0.395 e. The second-order valence-electron chi connectivity index (χ2n) is 5.13. The van der Waals surface area contributed by atoms with Crippen molar-refractivity contribution in [1.82, 2.24) is 10.2 Å². The van der Waals surface area contributed by atoms with E-state index < -0.39 is 5.82 Å². The number of nitrogens with zero attached hydrogens (tertiary/aromatic N) is 1. The molecule has 0 aromatic heterocycles. The van der Waals surface area contributed by atoms with Gasteiger partial charge in [0.05, 0.1) is 11.6 Å². The van der Waals surface area contributed by atoms with Crippen molar-refractivity contribution in [3.63, 3.8) is 0 Å². The van der Waals surface area contributed by atoms with Gasteiger partial charge in [-0.2, -0.15) is 0 Å². The number of hydrogen-bond acceptors (Lipinski definition) is 2. The minimum absolute atomic E-state index is 0.0503. The number of carbonyl (C=O) groups excluding carboxylic acids is 1. The van der Waals surface area contributed by atoms with Crippen LogP contribution in [0.25, 0.3) is 0 Å². The lowest BCUT2D eigenvalue weighted by atomic mass is 9.76. The van der Waals surface area contributed by atoms with Crippen molar-refractivity contribution in [2.75, 3.05) is 20.2 Å². The summed E-state index contributed by atoms with van der Waals surface area (Å²) >= 11 is 5.76. The van der Waals surface area contributed by atoms with Crippen molar-refractivity contribution in [2.24, 2.45) is 0 Å². The van der Waals surface area contributed by atoms with Gasteiger partial charge in [-0.05, 0) is 36.5 Å². The van der Waals surface area contributed by atoms with Gasteiger partial charge < -0.3 is 15.3 Å². The Balaban J connectivity index is 1.82. The van der Waals surface area contributed by atoms with Crippen molar-refractivity contribution in [3.8, 4) is 0 Å². The molecule has 0 atom stereocenters. The highest BCUT2D eigenvalue weighted by Gasteiger charge is 2.32. The molecule has 110 valence electrons. The van der Waals surface area contributed by atoms with Gasteiger partial charge in [0.15, 0.2) is 0 Å². The van der Waals surface area contributed by atoms with Crippen LogP contribution in [0.4, 0.5) is 9.18 Å². The van der Waals surface area contributed by atoms with Crippen LogP contribution in [-0.2, 0) is 0 Å². The Hall–Kier alpha value is -1.33. The number of likely N-dealkylation sites (N-methyl/N-ethyl adjacent to an activating group) is 1. The van der Waals surface area contributed by atoms with Crippen molar-refractivity contribution in [3.05, 3.63) is 34.6 Å². The van der Waals surface area contributed by atoms with E-state index in [0.29, 0.717) is 12.5 Å². The lowest BCUT2D eigenvalue weighted by Gasteiger charge is -2.37. The van der Waals surface area contributed by atoms with Crippen LogP contribution in [0.15, 0.2) is 18.2 Å². The van der Waals surface area contributed by atoms with Crippen LogP contribution in [-0.4, -0.2) is 42.3 Å². The summed E-state index contributed by atoms with van der Waals surface area (Å²) in [5.41, 5.74) is 1.01. The zero-order valence-corrected chi connectivity index (χ0v) is 12.0. The molecule has 0 bridgehead atoms. The van der Waals surface area contributed by atoms with E-state index in [4.69, 9.17) is 16.7 Å². The number of urea groups is 1. The van der Waals surface area contributed by atoms with Crippen molar-refractivity contribution in [1.29, 1.82) is 0 Å². The average Bonchev–Trinajstić information content (AvgIpc) is 2.37. The molecule has 0 spiro atoms. The SMILES string of the molecule is CN(CCO)C(=O)NC1CC(c2ccc(F)c(Cl)c2)C1. The number of aliphatic hydroxyl groups is 1. The molecule has 2 N–H and O–H groups in total. The van der Waals surface area contributed by atoms with Crippen LogP contribution in [0.3, 0.4) is 0 Å². The molecule has 0 heterocycles. The summed E-state index contributed by atoms with van der Waals surface area (Å²) in [7, 11) is 1.64. The molecule has 2 amide bonds. The van der Waals surface area contributed by atoms with Gasteiger partial charge in [-0.1, -0.05) is 17.7 Å². The van der Waals surface area contributed by atoms with E-state index in [1.54, 1.807) is 19.2 Å². The maximum Gasteiger partial charge on any atom is 0.317 e. The Labute approximate surface area is 122 Å². The van der Waals surface area contributed by atoms with E-state index in [0.717, 1.165) is 18.4 Å². The first kappa shape index (κ1) is 15.1. The molecular weight excluding hydrogens is 283 g/mol. The van der Waals surface area contributed by atoms with Crippen molar-refractivity contribution in [2.45, 2.75) is 24.8 Å². The maximum absolute atomic E-state index is 13.1. The molecule has 20 heavy (non-hydrogen) atoms. The van der Waals surface area contributed by atoms with Crippen LogP contribution >= 0.6 is 11.6 Å². The van der Waals surface area contributed by atoms with Crippen molar-refractivity contribution < 1.29 is 14.3 Å². The van der Waals surface area contributed by atoms with Crippen molar-refractivity contribution >= 4 is 17.6 Å². The highest BCUT2D eigenvalue weighted by molar-refractivity contribution is 6.30. The first-order valence-corrected chi connectivity index (χ1v) is 6.96. The molecule has 6 heteroatoms. The maximum atomic E-state index is 13.1. The molecular formula is C14H18ClFN2O2. The van der Waals surface area contributed by atoms with E-state index in [9.17, 15) is 9.18 Å². The summed E-state index contributed by atoms with van der Waals surface area (Å²) in [5.74, 6) is -0.105. The van der Waals surface area contributed by atoms with E-state index in [-0.39, 0.29) is 23.7 Å². The summed E-state index contributed by atoms with van der Waals surface area (Å²) in [6, 6.07) is 4.70. The van der Waals surface area contributed by atoms with E-state index in [2.05, 4.69) is 5.32 Å². The van der Waals surface area contributed by atoms with Gasteiger partial charge in [-0.3, -0.25) is 0 Å². The van der Waals surface area contributed by atoms with Gasteiger partial charge in [0.2, 0.25) is 0 Å². The number of carbonyl (C=O) groups is 1. The molecule has 2 rings (SSSR count). The summed E-state index contributed by atoms with van der Waals surface area (Å²) < 4.78 is 13.1. The molecule has 0 unspecified atom stereocenters. The lowest BCUT2D eigenvalue weighted by molar-refractivity contribution is 0.177. The molecule has 4 nitrogen and oxygen atoms in total. The Morgan fingerprint density at radius 1 is 1.55 bits per heavy atom. The molecule has 1 fully saturated rings. The highest BCUT2D eigenvalue weighted by atomic mass is 35.5. The molecule has 1 aliphatic rings. The zero-order chi connectivity index (χ0) is 14.7. The molecule has 0 radical (unpaired) electrons. The predicted octanol–water partition coefficient (Wildman–Crippen LogP) is 2.36. The first-order valence-electron chi connectivity index (χ1n) is 6.58. The standard InChI is InChI=1S/C14H18ClFN2O2/c1-18(4-5-19)14(20)17-11-6-10(7-11)9-2-3-13(16)12(15)8-9/h2-3,8,10-11,19H,4-7H2,1H3,(H,17,20). The Morgan fingerprint density at radius 2 is 2.25 bits per heavy atom. The summed E-state index contributed by atoms with van der Waals surface area (Å²) in [4.78, 5) is 13.2. The van der Waals surface area contributed by atoms with Gasteiger partial charge in [0, 0.05) is 19.6 Å². The minimum atomic E-state index is -0.412. The first-order chi connectivity index (χ1) is 9.51. The summed E-state index contributed by atoms with van der Waals surface area (Å²) in [6.45, 7) is 0.265. The topological polar surface area (TPSA) is 52.6 Å². The fraction of sp³-hybridized carbons (Fsp3) is 0.500. The third kappa shape index (κ3) is 3.41. The van der Waals surface area contributed by atoms with E-state index >= 15 is 0 Å². The zero-order valence-electron chi connectivity index (χ0n) is 11.3. The molecule has 1 aromatic carbocycles. The van der Waals surface area contributed by atoms with E-state index in [1.807, 2.05) is 0 Å². The van der Waals surface area contributed by atoms with Gasteiger partial charge in [-0.15, -0.1) is 0 Å². The van der Waals surface area contributed by atoms with Gasteiger partial charge in [0.25, 0.3) is 0 Å². The van der Waals surface area contributed by atoms with Crippen LogP contribution in [0, 0.1) is 5.82 Å². The smallest absolute Gasteiger partial charge is 0.317 e. The molecule has 0 aliphatic heterocycles. The quantitative estimate of drug-likeness (QED) is 0.897. The fourth-order valence-corrected chi connectivity index (χ4v) is 2.50. The number of hydrogen-bond donors (Lipinski definition) is 2. The van der Waals surface area contributed by atoms with Crippen LogP contribution in [0.1, 0.15) is 24.3 Å². The normalized spacial score (nSPS) is 21.2. The second kappa shape index (κ2) is 6.41. The van der Waals surface area contributed by atoms with Gasteiger partial charge in [-0.25, -0.2) is 9.18 Å². The third-order valence-corrected chi connectivity index (χ3v) is 3.95. The number of halogens is 2. The molecule has 1 aliphatic carbocycles. The number of rotatable bonds is 4. The van der Waals surface area contributed by atoms with Crippen LogP contribution < -0.4 is 5.32 Å². The van der Waals surface area contributed by atoms with E-state index in [1.165, 1.54) is 11.0 Å². The Bertz CT molecular complexity index is 492. The number of amides is 2. The number of aliphatic hydroxyl groups excluding tert-OH is 1. The number of benzene rings is 1. The van der Waals surface area contributed by atoms with Crippen LogP contribution in [0.2, 0.25) is 5.02 Å². The fourth-order valence-electron chi connectivity index (χ4n) is 2.31. The summed E-state index contributed by atoms with van der Waals surface area (Å²) in [5, 5.41) is 11.8. The Morgan fingerprint density at radius 3 is 2.85 bits per heavy atom. The third-order valence-electron chi connectivity index (χ3n) is 3.66. The number of nitrogens with one attached hydrogen (secondary N) is 1. The molecule has 0 saturated heterocycles. The molecule has 1 aromatic rings. The second-order valence-corrected chi connectivity index (χ2v) is 5.54. The van der Waals surface area contributed by atoms with Gasteiger partial charge >= 0.3 is 6.03 Å². The average molecular weight is 301 g/mol. The highest BCUT2D eigenvalue weighted by Crippen LogP contribution is 2.38. The van der Waals surface area contributed by atoms with Gasteiger partial charge in [0.1, 0.15) is 5.82 Å². The summed E-state index contributed by atoms with van der Waals surface area (Å²) in [6.07, 6.45) is 1.64. The molecule has 1 saturated carbocycles. The predicted molar refractivity (Wildman–Crippen MR) is 75.4 cm³/mol. The minimum Gasteiger partial charge on any atom is -0.395 e.